The monoisotopic (exact) mass is 180 g/mol. The second-order valence-electron chi connectivity index (χ2n) is 3.22. The first-order chi connectivity index (χ1) is 5.95. The van der Waals surface area contributed by atoms with Gasteiger partial charge in [-0.1, -0.05) is 12.1 Å². The number of thiophene rings is 1. The third kappa shape index (κ3) is 1.96. The maximum atomic E-state index is 2.30. The van der Waals surface area contributed by atoms with Crippen molar-refractivity contribution >= 4 is 11.3 Å². The van der Waals surface area contributed by atoms with E-state index in [1.165, 1.54) is 30.9 Å². The SMILES string of the molecule is C1=CC[NH+](Cc2cccs2)CC1. The maximum absolute atomic E-state index is 2.30. The lowest BCUT2D eigenvalue weighted by molar-refractivity contribution is -0.908. The van der Waals surface area contributed by atoms with Crippen molar-refractivity contribution in [2.45, 2.75) is 13.0 Å². The van der Waals surface area contributed by atoms with Gasteiger partial charge >= 0.3 is 0 Å². The van der Waals surface area contributed by atoms with Crippen LogP contribution < -0.4 is 4.90 Å². The fourth-order valence-electron chi connectivity index (χ4n) is 1.58. The Balaban J connectivity index is 1.91. The van der Waals surface area contributed by atoms with Crippen LogP contribution in [0.2, 0.25) is 0 Å². The van der Waals surface area contributed by atoms with Crippen LogP contribution in [0.15, 0.2) is 29.7 Å². The van der Waals surface area contributed by atoms with E-state index in [1.807, 2.05) is 11.3 Å². The zero-order valence-corrected chi connectivity index (χ0v) is 7.94. The lowest BCUT2D eigenvalue weighted by Crippen LogP contribution is -3.10. The van der Waals surface area contributed by atoms with Crippen molar-refractivity contribution in [2.24, 2.45) is 0 Å². The van der Waals surface area contributed by atoms with Crippen LogP contribution in [0, 0.1) is 0 Å². The topological polar surface area (TPSA) is 4.44 Å². The van der Waals surface area contributed by atoms with Crippen LogP contribution in [0.25, 0.3) is 0 Å². The van der Waals surface area contributed by atoms with Gasteiger partial charge in [-0.2, -0.15) is 0 Å². The van der Waals surface area contributed by atoms with Gasteiger partial charge in [-0.25, -0.2) is 0 Å². The Bertz CT molecular complexity index is 251. The first-order valence-corrected chi connectivity index (χ1v) is 5.34. The van der Waals surface area contributed by atoms with Crippen LogP contribution >= 0.6 is 11.3 Å². The highest BCUT2D eigenvalue weighted by Crippen LogP contribution is 2.06. The molecule has 2 rings (SSSR count). The summed E-state index contributed by atoms with van der Waals surface area (Å²) < 4.78 is 0. The number of nitrogens with one attached hydrogen (secondary N) is 1. The van der Waals surface area contributed by atoms with Gasteiger partial charge in [-0.3, -0.25) is 0 Å². The molecule has 0 radical (unpaired) electrons. The van der Waals surface area contributed by atoms with E-state index in [2.05, 4.69) is 29.7 Å². The van der Waals surface area contributed by atoms with E-state index in [4.69, 9.17) is 0 Å². The van der Waals surface area contributed by atoms with Crippen LogP contribution in [-0.2, 0) is 6.54 Å². The molecular weight excluding hydrogens is 166 g/mol. The van der Waals surface area contributed by atoms with Gasteiger partial charge < -0.3 is 4.90 Å². The summed E-state index contributed by atoms with van der Waals surface area (Å²) >= 11 is 1.87. The predicted molar refractivity (Wildman–Crippen MR) is 52.5 cm³/mol. The van der Waals surface area contributed by atoms with E-state index in [0.29, 0.717) is 0 Å². The molecule has 2 heteroatoms. The van der Waals surface area contributed by atoms with Crippen LogP contribution in [-0.4, -0.2) is 13.1 Å². The molecule has 0 aliphatic carbocycles. The van der Waals surface area contributed by atoms with Gasteiger partial charge in [0.25, 0.3) is 0 Å². The van der Waals surface area contributed by atoms with Crippen molar-refractivity contribution in [2.75, 3.05) is 13.1 Å². The molecule has 0 fully saturated rings. The van der Waals surface area contributed by atoms with Crippen LogP contribution in [0.3, 0.4) is 0 Å². The van der Waals surface area contributed by atoms with E-state index in [-0.39, 0.29) is 0 Å². The molecule has 1 unspecified atom stereocenters. The van der Waals surface area contributed by atoms with Gasteiger partial charge in [0.2, 0.25) is 0 Å². The van der Waals surface area contributed by atoms with Crippen molar-refractivity contribution < 1.29 is 4.90 Å². The molecule has 2 heterocycles. The second kappa shape index (κ2) is 3.87. The molecule has 1 aliphatic heterocycles. The smallest absolute Gasteiger partial charge is 0.112 e. The maximum Gasteiger partial charge on any atom is 0.112 e. The van der Waals surface area contributed by atoms with Crippen LogP contribution in [0.5, 0.6) is 0 Å². The highest BCUT2D eigenvalue weighted by atomic mass is 32.1. The summed E-state index contributed by atoms with van der Waals surface area (Å²) in [7, 11) is 0. The van der Waals surface area contributed by atoms with E-state index < -0.39 is 0 Å². The average Bonchev–Trinajstić information content (AvgIpc) is 2.59. The van der Waals surface area contributed by atoms with Crippen LogP contribution in [0.4, 0.5) is 0 Å². The molecule has 0 spiro atoms. The number of rotatable bonds is 2. The van der Waals surface area contributed by atoms with Crippen molar-refractivity contribution in [3.63, 3.8) is 0 Å². The summed E-state index contributed by atoms with van der Waals surface area (Å²) in [6.45, 7) is 3.72. The molecule has 1 aromatic rings. The standard InChI is InChI=1S/C10H13NS/c1-2-6-11(7-3-1)9-10-5-4-8-12-10/h1-2,4-5,8H,3,6-7,9H2/p+1. The average molecular weight is 180 g/mol. The first-order valence-electron chi connectivity index (χ1n) is 4.46. The molecule has 1 N–H and O–H groups in total. The van der Waals surface area contributed by atoms with Crippen molar-refractivity contribution in [1.29, 1.82) is 0 Å². The Morgan fingerprint density at radius 1 is 1.42 bits per heavy atom. The minimum atomic E-state index is 1.21. The predicted octanol–water partition coefficient (Wildman–Crippen LogP) is 1.09. The zero-order chi connectivity index (χ0) is 8.23. The van der Waals surface area contributed by atoms with Gasteiger partial charge in [0.15, 0.2) is 0 Å². The minimum Gasteiger partial charge on any atom is -0.327 e. The Labute approximate surface area is 77.3 Å². The normalized spacial score (nSPS) is 22.8. The van der Waals surface area contributed by atoms with Gasteiger partial charge in [-0.05, 0) is 17.5 Å². The lowest BCUT2D eigenvalue weighted by Gasteiger charge is -2.18. The molecule has 0 bridgehead atoms. The minimum absolute atomic E-state index is 1.21. The van der Waals surface area contributed by atoms with Crippen LogP contribution in [0.1, 0.15) is 11.3 Å². The fraction of sp³-hybridized carbons (Fsp3) is 0.400. The van der Waals surface area contributed by atoms with E-state index in [0.717, 1.165) is 0 Å². The first kappa shape index (κ1) is 8.02. The largest absolute Gasteiger partial charge is 0.327 e. The number of hydrogen-bond donors (Lipinski definition) is 1. The van der Waals surface area contributed by atoms with Crippen molar-refractivity contribution in [3.05, 3.63) is 34.5 Å². The lowest BCUT2D eigenvalue weighted by atomic mass is 10.2. The second-order valence-corrected chi connectivity index (χ2v) is 4.25. The van der Waals surface area contributed by atoms with Crippen molar-refractivity contribution in [3.8, 4) is 0 Å². The molecule has 0 saturated carbocycles. The summed E-state index contributed by atoms with van der Waals surface area (Å²) in [5.41, 5.74) is 0. The molecule has 1 aliphatic rings. The highest BCUT2D eigenvalue weighted by molar-refractivity contribution is 7.09. The Morgan fingerprint density at radius 2 is 2.42 bits per heavy atom. The molecule has 12 heavy (non-hydrogen) atoms. The molecule has 0 saturated heterocycles. The summed E-state index contributed by atoms with van der Waals surface area (Å²) in [5.74, 6) is 0. The Morgan fingerprint density at radius 3 is 3.08 bits per heavy atom. The summed E-state index contributed by atoms with van der Waals surface area (Å²) in [4.78, 5) is 3.21. The summed E-state index contributed by atoms with van der Waals surface area (Å²) in [6.07, 6.45) is 5.84. The zero-order valence-electron chi connectivity index (χ0n) is 7.12. The van der Waals surface area contributed by atoms with E-state index in [9.17, 15) is 0 Å². The molecule has 1 aromatic heterocycles. The summed E-state index contributed by atoms with van der Waals surface area (Å²) in [6, 6.07) is 4.37. The third-order valence-corrected chi connectivity index (χ3v) is 3.12. The van der Waals surface area contributed by atoms with E-state index >= 15 is 0 Å². The Kier molecular flexibility index (Phi) is 2.59. The summed E-state index contributed by atoms with van der Waals surface area (Å²) in [5, 5.41) is 2.16. The van der Waals surface area contributed by atoms with Gasteiger partial charge in [0, 0.05) is 6.42 Å². The third-order valence-electron chi connectivity index (χ3n) is 2.24. The van der Waals surface area contributed by atoms with Gasteiger partial charge in [0.1, 0.15) is 6.54 Å². The number of hydrogen-bond acceptors (Lipinski definition) is 1. The van der Waals surface area contributed by atoms with E-state index in [1.54, 1.807) is 4.90 Å². The highest BCUT2D eigenvalue weighted by Gasteiger charge is 2.09. The molecule has 1 nitrogen and oxygen atoms in total. The molecule has 0 aromatic carbocycles. The fourth-order valence-corrected chi connectivity index (χ4v) is 2.35. The molecule has 64 valence electrons. The van der Waals surface area contributed by atoms with Gasteiger partial charge in [-0.15, -0.1) is 11.3 Å². The van der Waals surface area contributed by atoms with Gasteiger partial charge in [0.05, 0.1) is 18.0 Å². The molecular formula is C10H14NS+. The molecule has 0 amide bonds. The number of quaternary nitrogens is 1. The quantitative estimate of drug-likeness (QED) is 0.650. The Hall–Kier alpha value is -0.600. The van der Waals surface area contributed by atoms with Crippen molar-refractivity contribution in [1.82, 2.24) is 0 Å². The molecule has 1 atom stereocenters.